The second kappa shape index (κ2) is 7.55. The molecular formula is C22H22N4O3. The van der Waals surface area contributed by atoms with Gasteiger partial charge in [-0.25, -0.2) is 0 Å². The van der Waals surface area contributed by atoms with Crippen LogP contribution in [0.2, 0.25) is 0 Å². The van der Waals surface area contributed by atoms with E-state index >= 15 is 0 Å². The molecule has 0 radical (unpaired) electrons. The van der Waals surface area contributed by atoms with Crippen molar-refractivity contribution in [1.29, 1.82) is 5.26 Å². The molecule has 3 heterocycles. The maximum atomic E-state index is 13.2. The van der Waals surface area contributed by atoms with Crippen LogP contribution in [0.5, 0.6) is 0 Å². The molecule has 1 aromatic heterocycles. The first-order valence-electron chi connectivity index (χ1n) is 9.71. The van der Waals surface area contributed by atoms with E-state index in [9.17, 15) is 14.4 Å². The average molecular weight is 390 g/mol. The minimum absolute atomic E-state index is 0.0149. The van der Waals surface area contributed by atoms with E-state index in [1.807, 2.05) is 12.1 Å². The van der Waals surface area contributed by atoms with Crippen molar-refractivity contribution in [2.24, 2.45) is 5.92 Å². The van der Waals surface area contributed by atoms with Crippen molar-refractivity contribution in [3.05, 3.63) is 69.6 Å². The van der Waals surface area contributed by atoms with Gasteiger partial charge in [0.05, 0.1) is 11.6 Å². The number of pyridine rings is 1. The van der Waals surface area contributed by atoms with Gasteiger partial charge in [0, 0.05) is 50.2 Å². The van der Waals surface area contributed by atoms with Gasteiger partial charge >= 0.3 is 0 Å². The summed E-state index contributed by atoms with van der Waals surface area (Å²) in [5, 5.41) is 12.0. The van der Waals surface area contributed by atoms with E-state index in [0.29, 0.717) is 18.7 Å². The van der Waals surface area contributed by atoms with Gasteiger partial charge in [0.15, 0.2) is 0 Å². The lowest BCUT2D eigenvalue weighted by molar-refractivity contribution is -0.135. The van der Waals surface area contributed by atoms with Crippen LogP contribution in [0.1, 0.15) is 42.1 Å². The minimum Gasteiger partial charge on any atom is -0.350 e. The predicted octanol–water partition coefficient (Wildman–Crippen LogP) is 1.54. The highest BCUT2D eigenvalue weighted by atomic mass is 16.2. The number of benzene rings is 1. The molecule has 3 atom stereocenters. The molecule has 2 aromatic rings. The smallest absolute Gasteiger partial charge is 0.251 e. The highest BCUT2D eigenvalue weighted by molar-refractivity contribution is 5.81. The summed E-state index contributed by atoms with van der Waals surface area (Å²) in [6.07, 6.45) is 0.773. The van der Waals surface area contributed by atoms with Gasteiger partial charge in [0.25, 0.3) is 5.56 Å². The fourth-order valence-electron chi connectivity index (χ4n) is 4.57. The Morgan fingerprint density at radius 3 is 2.76 bits per heavy atom. The van der Waals surface area contributed by atoms with Gasteiger partial charge in [0.2, 0.25) is 11.8 Å². The van der Waals surface area contributed by atoms with Crippen LogP contribution in [0.25, 0.3) is 0 Å². The molecule has 2 amide bonds. The number of nitriles is 1. The number of rotatable bonds is 3. The van der Waals surface area contributed by atoms with Crippen LogP contribution in [0.15, 0.2) is 47.3 Å². The first kappa shape index (κ1) is 18.9. The molecule has 0 spiro atoms. The Balaban J connectivity index is 1.63. The molecule has 1 fully saturated rings. The number of hydrogen-bond donors (Lipinski definition) is 1. The van der Waals surface area contributed by atoms with E-state index in [-0.39, 0.29) is 35.8 Å². The second-order valence-corrected chi connectivity index (χ2v) is 7.75. The van der Waals surface area contributed by atoms with Crippen LogP contribution < -0.4 is 10.9 Å². The van der Waals surface area contributed by atoms with Crippen LogP contribution in [0, 0.1) is 17.2 Å². The van der Waals surface area contributed by atoms with Crippen LogP contribution in [0.3, 0.4) is 0 Å². The Bertz CT molecular complexity index is 1070. The van der Waals surface area contributed by atoms with E-state index in [1.54, 1.807) is 33.7 Å². The molecule has 1 N–H and O–H groups in total. The second-order valence-electron chi connectivity index (χ2n) is 7.75. The van der Waals surface area contributed by atoms with E-state index in [2.05, 4.69) is 11.4 Å². The number of nitrogens with zero attached hydrogens (tertiary/aromatic N) is 3. The summed E-state index contributed by atoms with van der Waals surface area (Å²) in [5.74, 6) is -0.312. The summed E-state index contributed by atoms with van der Waals surface area (Å²) in [7, 11) is 0. The van der Waals surface area contributed by atoms with Crippen molar-refractivity contribution >= 4 is 11.8 Å². The summed E-state index contributed by atoms with van der Waals surface area (Å²) >= 11 is 0. The summed E-state index contributed by atoms with van der Waals surface area (Å²) < 4.78 is 1.61. The first-order valence-corrected chi connectivity index (χ1v) is 9.71. The Morgan fingerprint density at radius 2 is 2.00 bits per heavy atom. The van der Waals surface area contributed by atoms with Crippen molar-refractivity contribution in [2.75, 3.05) is 13.1 Å². The maximum absolute atomic E-state index is 13.2. The highest BCUT2D eigenvalue weighted by Crippen LogP contribution is 2.41. The van der Waals surface area contributed by atoms with Crippen molar-refractivity contribution in [2.45, 2.75) is 31.8 Å². The lowest BCUT2D eigenvalue weighted by Gasteiger charge is -2.46. The molecule has 29 heavy (non-hydrogen) atoms. The Hall–Kier alpha value is -3.40. The quantitative estimate of drug-likeness (QED) is 0.860. The first-order chi connectivity index (χ1) is 14.0. The number of fused-ring (bicyclic) bond motifs is 4. The van der Waals surface area contributed by atoms with Gasteiger partial charge in [-0.2, -0.15) is 5.26 Å². The minimum atomic E-state index is -0.656. The summed E-state index contributed by atoms with van der Waals surface area (Å²) in [6, 6.07) is 13.6. The van der Waals surface area contributed by atoms with Crippen molar-refractivity contribution in [1.82, 2.24) is 14.8 Å². The zero-order valence-corrected chi connectivity index (χ0v) is 16.2. The topological polar surface area (TPSA) is 95.2 Å². The normalized spacial score (nSPS) is 22.3. The summed E-state index contributed by atoms with van der Waals surface area (Å²) in [5.41, 5.74) is 1.97. The number of carbonyl (C=O) groups is 2. The largest absolute Gasteiger partial charge is 0.350 e. The SMILES string of the molecule is CC(=O)N1C[C@H]2C[C@@H](C1)[C@H](C(=O)NCc1cccc(C#N)c1)n1c2cccc1=O. The fourth-order valence-corrected chi connectivity index (χ4v) is 4.57. The summed E-state index contributed by atoms with van der Waals surface area (Å²) in [4.78, 5) is 39.6. The predicted molar refractivity (Wildman–Crippen MR) is 106 cm³/mol. The third kappa shape index (κ3) is 3.54. The number of carbonyl (C=O) groups excluding carboxylic acids is 2. The highest BCUT2D eigenvalue weighted by Gasteiger charge is 2.44. The lowest BCUT2D eigenvalue weighted by atomic mass is 9.78. The molecule has 0 saturated carbocycles. The molecule has 148 valence electrons. The average Bonchev–Trinajstić information content (AvgIpc) is 2.73. The Labute approximate surface area is 168 Å². The van der Waals surface area contributed by atoms with Crippen molar-refractivity contribution < 1.29 is 9.59 Å². The lowest BCUT2D eigenvalue weighted by Crippen LogP contribution is -2.54. The van der Waals surface area contributed by atoms with Gasteiger partial charge in [-0.3, -0.25) is 19.0 Å². The van der Waals surface area contributed by atoms with Crippen LogP contribution in [-0.2, 0) is 16.1 Å². The van der Waals surface area contributed by atoms with Crippen LogP contribution >= 0.6 is 0 Å². The molecule has 1 aromatic carbocycles. The molecule has 7 heteroatoms. The standard InChI is InChI=1S/C22H22N4O3/c1-14(27)25-12-17-9-18(13-25)21(26-19(17)6-3-7-20(26)28)22(29)24-11-16-5-2-4-15(8-16)10-23/h2-8,17-18,21H,9,11-13H2,1H3,(H,24,29)/t17-,18+,21-/m1/s1. The van der Waals surface area contributed by atoms with E-state index in [0.717, 1.165) is 17.7 Å². The molecular weight excluding hydrogens is 368 g/mol. The number of hydrogen-bond acceptors (Lipinski definition) is 4. The zero-order chi connectivity index (χ0) is 20.5. The summed E-state index contributed by atoms with van der Waals surface area (Å²) in [6.45, 7) is 2.85. The fraction of sp³-hybridized carbons (Fsp3) is 0.364. The maximum Gasteiger partial charge on any atom is 0.251 e. The van der Waals surface area contributed by atoms with Crippen molar-refractivity contribution in [3.8, 4) is 6.07 Å². The van der Waals surface area contributed by atoms with Crippen LogP contribution in [0.4, 0.5) is 0 Å². The van der Waals surface area contributed by atoms with E-state index in [4.69, 9.17) is 5.26 Å². The number of piperidine rings is 1. The zero-order valence-electron chi connectivity index (χ0n) is 16.2. The third-order valence-electron chi connectivity index (χ3n) is 5.88. The molecule has 2 bridgehead atoms. The number of nitrogens with one attached hydrogen (secondary N) is 1. The molecule has 0 aliphatic carbocycles. The number of aromatic nitrogens is 1. The Morgan fingerprint density at radius 1 is 1.21 bits per heavy atom. The van der Waals surface area contributed by atoms with E-state index < -0.39 is 6.04 Å². The van der Waals surface area contributed by atoms with Crippen molar-refractivity contribution in [3.63, 3.8) is 0 Å². The van der Waals surface area contributed by atoms with Gasteiger partial charge in [-0.1, -0.05) is 18.2 Å². The molecule has 1 saturated heterocycles. The number of amides is 2. The molecule has 7 nitrogen and oxygen atoms in total. The molecule has 2 aliphatic rings. The molecule has 0 unspecified atom stereocenters. The van der Waals surface area contributed by atoms with Gasteiger partial charge in [0.1, 0.15) is 6.04 Å². The van der Waals surface area contributed by atoms with Gasteiger partial charge < -0.3 is 10.2 Å². The van der Waals surface area contributed by atoms with Gasteiger partial charge in [-0.05, 0) is 30.2 Å². The molecule has 4 rings (SSSR count). The molecule has 2 aliphatic heterocycles. The van der Waals surface area contributed by atoms with Gasteiger partial charge in [-0.15, -0.1) is 0 Å². The van der Waals surface area contributed by atoms with Crippen LogP contribution in [-0.4, -0.2) is 34.4 Å². The number of likely N-dealkylation sites (tertiary alicyclic amines) is 1. The third-order valence-corrected chi connectivity index (χ3v) is 5.88. The van der Waals surface area contributed by atoms with E-state index in [1.165, 1.54) is 13.0 Å². The monoisotopic (exact) mass is 390 g/mol. The Kier molecular flexibility index (Phi) is 4.93.